The smallest absolute Gasteiger partial charge is 0.253 e. The van der Waals surface area contributed by atoms with Crippen molar-refractivity contribution in [1.29, 1.82) is 0 Å². The zero-order chi connectivity index (χ0) is 19.4. The SMILES string of the molecule is CCS(=O)(=O)c1cc(C2CC2)cnc1-c1ccn2nc(C(F)(F)F)cc2n1. The molecule has 0 radical (unpaired) electrons. The van der Waals surface area contributed by atoms with Crippen LogP contribution in [0.1, 0.15) is 36.9 Å². The summed E-state index contributed by atoms with van der Waals surface area (Å²) in [4.78, 5) is 8.50. The lowest BCUT2D eigenvalue weighted by Crippen LogP contribution is -2.08. The lowest BCUT2D eigenvalue weighted by Gasteiger charge is -2.10. The average molecular weight is 396 g/mol. The predicted molar refractivity (Wildman–Crippen MR) is 90.9 cm³/mol. The van der Waals surface area contributed by atoms with Crippen LogP contribution in [-0.2, 0) is 16.0 Å². The van der Waals surface area contributed by atoms with E-state index in [1.165, 1.54) is 19.2 Å². The van der Waals surface area contributed by atoms with Gasteiger partial charge in [0.05, 0.1) is 16.3 Å². The van der Waals surface area contributed by atoms with Gasteiger partial charge >= 0.3 is 6.18 Å². The van der Waals surface area contributed by atoms with Crippen LogP contribution in [0.4, 0.5) is 13.2 Å². The summed E-state index contributed by atoms with van der Waals surface area (Å²) in [6, 6.07) is 3.84. The number of rotatable bonds is 4. The molecule has 0 saturated heterocycles. The predicted octanol–water partition coefficient (Wildman–Crippen LogP) is 3.48. The Morgan fingerprint density at radius 2 is 2.00 bits per heavy atom. The van der Waals surface area contributed by atoms with Crippen LogP contribution < -0.4 is 0 Å². The molecule has 0 aromatic carbocycles. The van der Waals surface area contributed by atoms with Crippen LogP contribution in [0, 0.1) is 0 Å². The molecule has 1 saturated carbocycles. The minimum Gasteiger partial charge on any atom is -0.253 e. The molecule has 0 amide bonds. The van der Waals surface area contributed by atoms with E-state index in [1.807, 2.05) is 0 Å². The number of pyridine rings is 1. The molecule has 27 heavy (non-hydrogen) atoms. The van der Waals surface area contributed by atoms with Crippen LogP contribution >= 0.6 is 0 Å². The number of nitrogens with zero attached hydrogens (tertiary/aromatic N) is 4. The minimum atomic E-state index is -4.59. The molecule has 0 unspecified atom stereocenters. The van der Waals surface area contributed by atoms with Gasteiger partial charge in [-0.15, -0.1) is 0 Å². The average Bonchev–Trinajstić information content (AvgIpc) is 3.38. The Balaban J connectivity index is 1.87. The van der Waals surface area contributed by atoms with Gasteiger partial charge in [0.25, 0.3) is 0 Å². The van der Waals surface area contributed by atoms with Crippen molar-refractivity contribution in [3.05, 3.63) is 41.9 Å². The van der Waals surface area contributed by atoms with Crippen LogP contribution in [-0.4, -0.2) is 33.8 Å². The summed E-state index contributed by atoms with van der Waals surface area (Å²) >= 11 is 0. The fraction of sp³-hybridized carbons (Fsp3) is 0.353. The van der Waals surface area contributed by atoms with Gasteiger partial charge in [-0.05, 0) is 36.5 Å². The topological polar surface area (TPSA) is 77.2 Å². The van der Waals surface area contributed by atoms with Crippen molar-refractivity contribution in [3.8, 4) is 11.4 Å². The van der Waals surface area contributed by atoms with Gasteiger partial charge in [0.1, 0.15) is 5.69 Å². The number of halogens is 3. The van der Waals surface area contributed by atoms with Gasteiger partial charge in [-0.3, -0.25) is 4.98 Å². The fourth-order valence-electron chi connectivity index (χ4n) is 2.83. The van der Waals surface area contributed by atoms with Crippen LogP contribution in [0.5, 0.6) is 0 Å². The number of alkyl halides is 3. The molecule has 3 aromatic heterocycles. The minimum absolute atomic E-state index is 0.0345. The van der Waals surface area contributed by atoms with Crippen molar-refractivity contribution >= 4 is 15.5 Å². The fourth-order valence-corrected chi connectivity index (χ4v) is 3.91. The van der Waals surface area contributed by atoms with Crippen molar-refractivity contribution in [1.82, 2.24) is 19.6 Å². The van der Waals surface area contributed by atoms with E-state index in [1.54, 1.807) is 12.3 Å². The third-order valence-corrected chi connectivity index (χ3v) is 6.24. The first kappa shape index (κ1) is 17.9. The number of sulfone groups is 1. The molecule has 1 aliphatic rings. The third-order valence-electron chi connectivity index (χ3n) is 4.50. The summed E-state index contributed by atoms with van der Waals surface area (Å²) in [7, 11) is -3.58. The van der Waals surface area contributed by atoms with E-state index in [9.17, 15) is 21.6 Å². The highest BCUT2D eigenvalue weighted by Crippen LogP contribution is 2.41. The van der Waals surface area contributed by atoms with E-state index < -0.39 is 21.7 Å². The van der Waals surface area contributed by atoms with E-state index >= 15 is 0 Å². The first-order valence-corrected chi connectivity index (χ1v) is 10.0. The highest BCUT2D eigenvalue weighted by molar-refractivity contribution is 7.91. The maximum Gasteiger partial charge on any atom is 0.435 e. The number of hydrogen-bond acceptors (Lipinski definition) is 5. The molecule has 0 atom stereocenters. The van der Waals surface area contributed by atoms with E-state index in [-0.39, 0.29) is 27.7 Å². The van der Waals surface area contributed by atoms with Gasteiger partial charge in [0.2, 0.25) is 0 Å². The maximum absolute atomic E-state index is 12.8. The van der Waals surface area contributed by atoms with Crippen molar-refractivity contribution in [2.24, 2.45) is 0 Å². The van der Waals surface area contributed by atoms with Gasteiger partial charge in [-0.25, -0.2) is 17.9 Å². The highest BCUT2D eigenvalue weighted by Gasteiger charge is 2.34. The molecule has 3 aromatic rings. The monoisotopic (exact) mass is 396 g/mol. The molecule has 3 heterocycles. The van der Waals surface area contributed by atoms with E-state index in [2.05, 4.69) is 15.1 Å². The largest absolute Gasteiger partial charge is 0.435 e. The van der Waals surface area contributed by atoms with Crippen LogP contribution in [0.25, 0.3) is 17.0 Å². The number of fused-ring (bicyclic) bond motifs is 1. The molecule has 10 heteroatoms. The lowest BCUT2D eigenvalue weighted by atomic mass is 10.1. The van der Waals surface area contributed by atoms with E-state index in [0.29, 0.717) is 5.92 Å². The van der Waals surface area contributed by atoms with Crippen LogP contribution in [0.15, 0.2) is 35.5 Å². The molecule has 0 aliphatic heterocycles. The zero-order valence-corrected chi connectivity index (χ0v) is 15.0. The first-order chi connectivity index (χ1) is 12.7. The Morgan fingerprint density at radius 3 is 2.63 bits per heavy atom. The number of hydrogen-bond donors (Lipinski definition) is 0. The van der Waals surface area contributed by atoms with E-state index in [0.717, 1.165) is 29.0 Å². The Kier molecular flexibility index (Phi) is 3.99. The Bertz CT molecular complexity index is 1130. The second-order valence-corrected chi connectivity index (χ2v) is 8.68. The molecular formula is C17H15F3N4O2S. The molecule has 142 valence electrons. The standard InChI is InChI=1S/C17H15F3N4O2S/c1-2-27(25,26)13-7-11(10-3-4-10)9-21-16(13)12-5-6-24-15(22-12)8-14(23-24)17(18,19)20/h5-10H,2-4H2,1H3. The second-order valence-electron chi connectivity index (χ2n) is 6.44. The van der Waals surface area contributed by atoms with Crippen LogP contribution in [0.3, 0.4) is 0 Å². The van der Waals surface area contributed by atoms with Crippen molar-refractivity contribution in [2.45, 2.75) is 36.8 Å². The summed E-state index contributed by atoms with van der Waals surface area (Å²) in [5.74, 6) is 0.208. The lowest BCUT2D eigenvalue weighted by molar-refractivity contribution is -0.141. The summed E-state index contributed by atoms with van der Waals surface area (Å²) in [5.41, 5.74) is 0.0814. The molecule has 1 aliphatic carbocycles. The summed E-state index contributed by atoms with van der Waals surface area (Å²) in [6.07, 6.45) is 0.325. The van der Waals surface area contributed by atoms with Crippen LogP contribution in [0.2, 0.25) is 0 Å². The summed E-state index contributed by atoms with van der Waals surface area (Å²) < 4.78 is 64.6. The molecule has 1 fully saturated rings. The van der Waals surface area contributed by atoms with Gasteiger partial charge < -0.3 is 0 Å². The van der Waals surface area contributed by atoms with Crippen molar-refractivity contribution in [3.63, 3.8) is 0 Å². The summed E-state index contributed by atoms with van der Waals surface area (Å²) in [6.45, 7) is 1.53. The highest BCUT2D eigenvalue weighted by atomic mass is 32.2. The van der Waals surface area contributed by atoms with E-state index in [4.69, 9.17) is 0 Å². The van der Waals surface area contributed by atoms with Gasteiger partial charge in [0, 0.05) is 18.5 Å². The molecule has 4 rings (SSSR count). The normalized spacial score (nSPS) is 15.4. The molecule has 0 bridgehead atoms. The maximum atomic E-state index is 12.8. The molecular weight excluding hydrogens is 381 g/mol. The summed E-state index contributed by atoms with van der Waals surface area (Å²) in [5, 5.41) is 3.44. The zero-order valence-electron chi connectivity index (χ0n) is 14.2. The van der Waals surface area contributed by atoms with Crippen molar-refractivity contribution < 1.29 is 21.6 Å². The van der Waals surface area contributed by atoms with Gasteiger partial charge in [-0.1, -0.05) is 6.92 Å². The Hall–Kier alpha value is -2.49. The molecule has 0 N–H and O–H groups in total. The molecule has 0 spiro atoms. The van der Waals surface area contributed by atoms with Gasteiger partial charge in [-0.2, -0.15) is 18.3 Å². The quantitative estimate of drug-likeness (QED) is 0.675. The number of aromatic nitrogens is 4. The van der Waals surface area contributed by atoms with Crippen molar-refractivity contribution in [2.75, 3.05) is 5.75 Å². The second kappa shape index (κ2) is 6.01. The third kappa shape index (κ3) is 3.29. The van der Waals surface area contributed by atoms with Gasteiger partial charge in [0.15, 0.2) is 21.2 Å². The molecule has 6 nitrogen and oxygen atoms in total. The Labute approximate surface area is 153 Å². The first-order valence-electron chi connectivity index (χ1n) is 8.36. The Morgan fingerprint density at radius 1 is 1.26 bits per heavy atom.